The summed E-state index contributed by atoms with van der Waals surface area (Å²) in [6.45, 7) is -0.0733. The Morgan fingerprint density at radius 1 is 1.04 bits per heavy atom. The molecule has 140 valence electrons. The highest BCUT2D eigenvalue weighted by atomic mass is 35.5. The molecule has 0 radical (unpaired) electrons. The first-order chi connectivity index (χ1) is 13.6. The third kappa shape index (κ3) is 4.11. The number of aromatic nitrogens is 1. The lowest BCUT2D eigenvalue weighted by Gasteiger charge is -2.07. The largest absolute Gasteiger partial charge is 0.484 e. The molecule has 7 heteroatoms. The first-order valence-corrected chi connectivity index (χ1v) is 9.18. The van der Waals surface area contributed by atoms with E-state index in [2.05, 4.69) is 10.3 Å². The zero-order valence-corrected chi connectivity index (χ0v) is 16.0. The fourth-order valence-corrected chi connectivity index (χ4v) is 3.16. The van der Waals surface area contributed by atoms with Crippen molar-refractivity contribution in [1.29, 1.82) is 0 Å². The van der Waals surface area contributed by atoms with E-state index in [0.29, 0.717) is 38.5 Å². The number of nitrogens with zero attached hydrogens (tertiary/aromatic N) is 1. The molecule has 0 aliphatic heterocycles. The fourth-order valence-electron chi connectivity index (χ4n) is 2.64. The van der Waals surface area contributed by atoms with Crippen LogP contribution in [0.5, 0.6) is 5.75 Å². The van der Waals surface area contributed by atoms with Crippen LogP contribution in [0, 0.1) is 0 Å². The predicted molar refractivity (Wildman–Crippen MR) is 110 cm³/mol. The number of para-hydroxylation sites is 1. The lowest BCUT2D eigenvalue weighted by molar-refractivity contribution is -0.118. The van der Waals surface area contributed by atoms with E-state index in [4.69, 9.17) is 32.4 Å². The van der Waals surface area contributed by atoms with Crippen LogP contribution < -0.4 is 10.1 Å². The normalized spacial score (nSPS) is 10.8. The molecule has 0 bridgehead atoms. The number of rotatable bonds is 5. The highest BCUT2D eigenvalue weighted by Crippen LogP contribution is 2.32. The minimum absolute atomic E-state index is 0.0733. The molecule has 0 saturated carbocycles. The maximum absolute atomic E-state index is 12.0. The van der Waals surface area contributed by atoms with E-state index >= 15 is 0 Å². The zero-order chi connectivity index (χ0) is 19.5. The quantitative estimate of drug-likeness (QED) is 0.448. The molecule has 0 aliphatic rings. The number of hydrogen-bond acceptors (Lipinski definition) is 4. The smallest absolute Gasteiger partial charge is 0.262 e. The summed E-state index contributed by atoms with van der Waals surface area (Å²) in [4.78, 5) is 16.4. The van der Waals surface area contributed by atoms with Crippen molar-refractivity contribution < 1.29 is 13.9 Å². The average molecular weight is 413 g/mol. The van der Waals surface area contributed by atoms with Crippen LogP contribution in [0.1, 0.15) is 0 Å². The first-order valence-electron chi connectivity index (χ1n) is 8.42. The molecule has 28 heavy (non-hydrogen) atoms. The monoisotopic (exact) mass is 412 g/mol. The average Bonchev–Trinajstić information content (AvgIpc) is 3.12. The molecule has 1 amide bonds. The van der Waals surface area contributed by atoms with Crippen LogP contribution in [0.15, 0.2) is 71.1 Å². The molecule has 1 heterocycles. The molecule has 4 aromatic rings. The van der Waals surface area contributed by atoms with E-state index in [-0.39, 0.29) is 12.5 Å². The Hall–Kier alpha value is -3.02. The van der Waals surface area contributed by atoms with Gasteiger partial charge < -0.3 is 14.5 Å². The van der Waals surface area contributed by atoms with Crippen molar-refractivity contribution in [2.45, 2.75) is 0 Å². The van der Waals surface area contributed by atoms with Crippen LogP contribution in [0.25, 0.3) is 22.6 Å². The summed E-state index contributed by atoms with van der Waals surface area (Å²) in [7, 11) is 0. The Bertz CT molecular complexity index is 1130. The summed E-state index contributed by atoms with van der Waals surface area (Å²) in [5.41, 5.74) is 2.46. The molecule has 0 unspecified atom stereocenters. The Kier molecular flexibility index (Phi) is 5.19. The number of oxazole rings is 1. The third-order valence-electron chi connectivity index (χ3n) is 3.94. The Labute approximate surface area is 170 Å². The van der Waals surface area contributed by atoms with E-state index in [1.165, 1.54) is 0 Å². The Morgan fingerprint density at radius 3 is 2.54 bits per heavy atom. The molecular formula is C21H14Cl2N2O3. The van der Waals surface area contributed by atoms with E-state index in [1.54, 1.807) is 48.5 Å². The van der Waals surface area contributed by atoms with Crippen LogP contribution >= 0.6 is 23.2 Å². The number of amides is 1. The van der Waals surface area contributed by atoms with Gasteiger partial charge in [-0.25, -0.2) is 4.98 Å². The Balaban J connectivity index is 1.44. The van der Waals surface area contributed by atoms with Gasteiger partial charge in [-0.1, -0.05) is 41.4 Å². The number of anilines is 1. The van der Waals surface area contributed by atoms with Crippen molar-refractivity contribution in [2.24, 2.45) is 0 Å². The van der Waals surface area contributed by atoms with Gasteiger partial charge in [-0.2, -0.15) is 0 Å². The van der Waals surface area contributed by atoms with Gasteiger partial charge in [-0.15, -0.1) is 0 Å². The molecule has 0 saturated heterocycles. The summed E-state index contributed by atoms with van der Waals surface area (Å²) in [6, 6.07) is 19.6. The maximum Gasteiger partial charge on any atom is 0.262 e. The molecule has 4 rings (SSSR count). The molecule has 1 N–H and O–H groups in total. The van der Waals surface area contributed by atoms with Gasteiger partial charge in [-0.05, 0) is 48.5 Å². The third-order valence-corrected chi connectivity index (χ3v) is 4.44. The molecule has 1 aromatic heterocycles. The van der Waals surface area contributed by atoms with E-state index in [1.807, 2.05) is 18.2 Å². The minimum Gasteiger partial charge on any atom is -0.484 e. The van der Waals surface area contributed by atoms with Gasteiger partial charge in [0.1, 0.15) is 11.3 Å². The van der Waals surface area contributed by atoms with Crippen molar-refractivity contribution >= 4 is 45.9 Å². The van der Waals surface area contributed by atoms with Crippen LogP contribution in [-0.4, -0.2) is 17.5 Å². The van der Waals surface area contributed by atoms with Crippen LogP contribution in [0.3, 0.4) is 0 Å². The summed E-state index contributed by atoms with van der Waals surface area (Å²) < 4.78 is 11.2. The van der Waals surface area contributed by atoms with Crippen LogP contribution in [-0.2, 0) is 4.79 Å². The van der Waals surface area contributed by atoms with Crippen molar-refractivity contribution in [3.05, 3.63) is 76.8 Å². The number of hydrogen-bond donors (Lipinski definition) is 1. The zero-order valence-electron chi connectivity index (χ0n) is 14.5. The van der Waals surface area contributed by atoms with Crippen molar-refractivity contribution in [1.82, 2.24) is 4.98 Å². The highest BCUT2D eigenvalue weighted by Gasteiger charge is 2.12. The van der Waals surface area contributed by atoms with Crippen molar-refractivity contribution in [2.75, 3.05) is 11.9 Å². The number of nitrogens with one attached hydrogen (secondary N) is 1. The summed E-state index contributed by atoms with van der Waals surface area (Å²) in [6.07, 6.45) is 0. The predicted octanol–water partition coefficient (Wildman–Crippen LogP) is 5.82. The lowest BCUT2D eigenvalue weighted by Crippen LogP contribution is -2.20. The van der Waals surface area contributed by atoms with Gasteiger partial charge in [0.25, 0.3) is 5.91 Å². The molecule has 5 nitrogen and oxygen atoms in total. The number of ether oxygens (including phenoxy) is 1. The van der Waals surface area contributed by atoms with Crippen LogP contribution in [0.2, 0.25) is 10.0 Å². The second-order valence-electron chi connectivity index (χ2n) is 5.98. The van der Waals surface area contributed by atoms with Crippen LogP contribution in [0.4, 0.5) is 5.69 Å². The molecule has 0 spiro atoms. The Morgan fingerprint density at radius 2 is 1.79 bits per heavy atom. The van der Waals surface area contributed by atoms with Gasteiger partial charge in [-0.3, -0.25) is 4.79 Å². The van der Waals surface area contributed by atoms with Gasteiger partial charge in [0.15, 0.2) is 12.2 Å². The van der Waals surface area contributed by atoms with Gasteiger partial charge in [0.05, 0.1) is 5.02 Å². The van der Waals surface area contributed by atoms with Crippen molar-refractivity contribution in [3.8, 4) is 17.2 Å². The fraction of sp³-hybridized carbons (Fsp3) is 0.0476. The highest BCUT2D eigenvalue weighted by molar-refractivity contribution is 6.38. The summed E-state index contributed by atoms with van der Waals surface area (Å²) >= 11 is 12.1. The van der Waals surface area contributed by atoms with Gasteiger partial charge >= 0.3 is 0 Å². The number of fused-ring (bicyclic) bond motifs is 1. The van der Waals surface area contributed by atoms with E-state index < -0.39 is 0 Å². The van der Waals surface area contributed by atoms with E-state index in [9.17, 15) is 4.79 Å². The molecule has 0 aliphatic carbocycles. The number of halogens is 2. The molecule has 3 aromatic carbocycles. The summed E-state index contributed by atoms with van der Waals surface area (Å²) in [5, 5.41) is 3.68. The molecule has 0 atom stereocenters. The first kappa shape index (κ1) is 18.3. The topological polar surface area (TPSA) is 64.4 Å². The molecular weight excluding hydrogens is 399 g/mol. The second-order valence-corrected chi connectivity index (χ2v) is 6.83. The summed E-state index contributed by atoms with van der Waals surface area (Å²) in [5.74, 6) is 0.812. The second kappa shape index (κ2) is 7.92. The van der Waals surface area contributed by atoms with Gasteiger partial charge in [0, 0.05) is 16.3 Å². The lowest BCUT2D eigenvalue weighted by atomic mass is 10.2. The maximum atomic E-state index is 12.0. The number of benzene rings is 3. The number of carbonyl (C=O) groups is 1. The standard InChI is InChI=1S/C21H14Cl2N2O3/c22-14-10-17(23)20-18(11-14)25-21(28-20)13-6-8-15(9-7-13)24-19(26)12-27-16-4-2-1-3-5-16/h1-11H,12H2,(H,24,26). The molecule has 0 fully saturated rings. The van der Waals surface area contributed by atoms with Crippen molar-refractivity contribution in [3.63, 3.8) is 0 Å². The number of carbonyl (C=O) groups excluding carboxylic acids is 1. The van der Waals surface area contributed by atoms with E-state index in [0.717, 1.165) is 5.56 Å². The van der Waals surface area contributed by atoms with Gasteiger partial charge in [0.2, 0.25) is 5.89 Å². The SMILES string of the molecule is O=C(COc1ccccc1)Nc1ccc(-c2nc3cc(Cl)cc(Cl)c3o2)cc1. The minimum atomic E-state index is -0.250.